The molecule has 1 fully saturated rings. The van der Waals surface area contributed by atoms with Gasteiger partial charge in [0.15, 0.2) is 8.32 Å². The maximum Gasteiger partial charge on any atom is 0.192 e. The molecule has 172 valence electrons. The summed E-state index contributed by atoms with van der Waals surface area (Å²) in [5.41, 5.74) is 0.112. The molecule has 1 saturated carbocycles. The third kappa shape index (κ3) is 7.28. The second-order valence-electron chi connectivity index (χ2n) is 12.2. The van der Waals surface area contributed by atoms with Gasteiger partial charge in [-0.3, -0.25) is 9.00 Å². The van der Waals surface area contributed by atoms with Crippen LogP contribution in [-0.4, -0.2) is 34.9 Å². The number of carbonyl (C=O) groups excluding carboxylic acids is 1. The molecule has 0 heterocycles. The van der Waals surface area contributed by atoms with Crippen LogP contribution in [0.1, 0.15) is 94.4 Å². The molecule has 0 aromatic rings. The summed E-state index contributed by atoms with van der Waals surface area (Å²) < 4.78 is 19.3. The van der Waals surface area contributed by atoms with Crippen LogP contribution in [0.2, 0.25) is 18.1 Å². The van der Waals surface area contributed by atoms with Crippen LogP contribution < -0.4 is 0 Å². The normalized spacial score (nSPS) is 27.6. The molecule has 1 rings (SSSR count). The first kappa shape index (κ1) is 27.0. The van der Waals surface area contributed by atoms with Crippen LogP contribution >= 0.6 is 0 Å². The second kappa shape index (κ2) is 9.64. The standard InChI is InChI=1S/C24H48O3SSi/c1-18-16-21(25)12-14-24(18,9)20(13-15-28(26)22(3,4)5)17-19(2)27-29(10,11)23(6,7)8/h18-20H,12-17H2,1-11H3/t18-,19?,20-,24-,28?/m1/s1. The minimum atomic E-state index is -1.83. The van der Waals surface area contributed by atoms with Crippen LogP contribution in [-0.2, 0) is 20.0 Å². The van der Waals surface area contributed by atoms with E-state index in [4.69, 9.17) is 4.43 Å². The molecule has 0 spiro atoms. The van der Waals surface area contributed by atoms with E-state index in [0.29, 0.717) is 30.5 Å². The number of hydrogen-bond donors (Lipinski definition) is 0. The van der Waals surface area contributed by atoms with Gasteiger partial charge in [-0.2, -0.15) is 0 Å². The Balaban J connectivity index is 3.01. The summed E-state index contributed by atoms with van der Waals surface area (Å²) in [5, 5.41) is 0.193. The smallest absolute Gasteiger partial charge is 0.192 e. The van der Waals surface area contributed by atoms with Crippen LogP contribution in [0.25, 0.3) is 0 Å². The SMILES string of the molecule is CC(C[C@@H](CCS(=O)C(C)(C)C)[C@]1(C)CCC(=O)C[C@H]1C)O[Si](C)(C)C(C)(C)C. The molecule has 1 aliphatic carbocycles. The Morgan fingerprint density at radius 2 is 1.76 bits per heavy atom. The summed E-state index contributed by atoms with van der Waals surface area (Å²) in [7, 11) is -2.67. The maximum atomic E-state index is 12.8. The Morgan fingerprint density at radius 3 is 2.21 bits per heavy atom. The van der Waals surface area contributed by atoms with E-state index < -0.39 is 19.1 Å². The fraction of sp³-hybridized carbons (Fsp3) is 0.958. The Kier molecular flexibility index (Phi) is 8.99. The number of ketones is 1. The van der Waals surface area contributed by atoms with E-state index in [-0.39, 0.29) is 21.3 Å². The van der Waals surface area contributed by atoms with Gasteiger partial charge in [-0.1, -0.05) is 34.6 Å². The number of Topliss-reactive ketones (excluding diaryl/α,β-unsaturated/α-hetero) is 1. The third-order valence-electron chi connectivity index (χ3n) is 7.79. The second-order valence-corrected chi connectivity index (χ2v) is 19.3. The van der Waals surface area contributed by atoms with Crippen molar-refractivity contribution >= 4 is 24.9 Å². The number of hydrogen-bond acceptors (Lipinski definition) is 3. The lowest BCUT2D eigenvalue weighted by Gasteiger charge is -2.47. The fourth-order valence-corrected chi connectivity index (χ4v) is 6.91. The van der Waals surface area contributed by atoms with Crippen LogP contribution in [0.5, 0.6) is 0 Å². The average Bonchev–Trinajstić information content (AvgIpc) is 2.52. The van der Waals surface area contributed by atoms with Crippen LogP contribution in [0.15, 0.2) is 0 Å². The first-order valence-corrected chi connectivity index (χ1v) is 15.7. The fourth-order valence-electron chi connectivity index (χ4n) is 4.34. The first-order chi connectivity index (χ1) is 12.9. The van der Waals surface area contributed by atoms with Crippen molar-refractivity contribution in [3.05, 3.63) is 0 Å². The summed E-state index contributed by atoms with van der Waals surface area (Å²) in [6, 6.07) is 0. The Hall–Kier alpha value is -0.00312. The quantitative estimate of drug-likeness (QED) is 0.389. The van der Waals surface area contributed by atoms with Crippen molar-refractivity contribution in [2.75, 3.05) is 5.75 Å². The van der Waals surface area contributed by atoms with Crippen molar-refractivity contribution in [1.29, 1.82) is 0 Å². The molecule has 3 nitrogen and oxygen atoms in total. The molecular formula is C24H48O3SSi. The average molecular weight is 445 g/mol. The summed E-state index contributed by atoms with van der Waals surface area (Å²) >= 11 is 0. The summed E-state index contributed by atoms with van der Waals surface area (Å²) in [5.74, 6) is 1.93. The Morgan fingerprint density at radius 1 is 1.21 bits per heavy atom. The molecule has 0 saturated heterocycles. The predicted octanol–water partition coefficient (Wildman–Crippen LogP) is 6.74. The Bertz CT molecular complexity index is 588. The first-order valence-electron chi connectivity index (χ1n) is 11.5. The minimum Gasteiger partial charge on any atom is -0.414 e. The van der Waals surface area contributed by atoms with E-state index in [0.717, 1.165) is 25.0 Å². The zero-order chi connectivity index (χ0) is 22.8. The van der Waals surface area contributed by atoms with Crippen molar-refractivity contribution in [1.82, 2.24) is 0 Å². The lowest BCUT2D eigenvalue weighted by molar-refractivity contribution is -0.126. The molecule has 0 radical (unpaired) electrons. The van der Waals surface area contributed by atoms with Crippen molar-refractivity contribution < 1.29 is 13.4 Å². The third-order valence-corrected chi connectivity index (χ3v) is 14.4. The zero-order valence-corrected chi connectivity index (χ0v) is 22.9. The molecule has 0 N–H and O–H groups in total. The highest BCUT2D eigenvalue weighted by Crippen LogP contribution is 2.49. The van der Waals surface area contributed by atoms with E-state index in [2.05, 4.69) is 75.4 Å². The van der Waals surface area contributed by atoms with Gasteiger partial charge < -0.3 is 4.43 Å². The summed E-state index contributed by atoms with van der Waals surface area (Å²) in [6.45, 7) is 24.5. The van der Waals surface area contributed by atoms with E-state index >= 15 is 0 Å². The van der Waals surface area contributed by atoms with E-state index in [1.807, 2.05) is 0 Å². The van der Waals surface area contributed by atoms with Gasteiger partial charge in [-0.25, -0.2) is 0 Å². The van der Waals surface area contributed by atoms with Crippen LogP contribution in [0.3, 0.4) is 0 Å². The van der Waals surface area contributed by atoms with Gasteiger partial charge in [0, 0.05) is 40.2 Å². The minimum absolute atomic E-state index is 0.112. The molecule has 0 aromatic carbocycles. The van der Waals surface area contributed by atoms with Gasteiger partial charge in [0.25, 0.3) is 0 Å². The van der Waals surface area contributed by atoms with Crippen LogP contribution in [0.4, 0.5) is 0 Å². The van der Waals surface area contributed by atoms with Gasteiger partial charge in [-0.05, 0) is 82.3 Å². The molecule has 2 unspecified atom stereocenters. The van der Waals surface area contributed by atoms with Crippen molar-refractivity contribution in [3.63, 3.8) is 0 Å². The van der Waals surface area contributed by atoms with Crippen molar-refractivity contribution in [2.24, 2.45) is 17.3 Å². The molecule has 0 bridgehead atoms. The molecular weight excluding hydrogens is 396 g/mol. The highest BCUT2D eigenvalue weighted by Gasteiger charge is 2.44. The van der Waals surface area contributed by atoms with E-state index in [1.165, 1.54) is 0 Å². The maximum absolute atomic E-state index is 12.8. The largest absolute Gasteiger partial charge is 0.414 e. The highest BCUT2D eigenvalue weighted by molar-refractivity contribution is 7.86. The van der Waals surface area contributed by atoms with E-state index in [9.17, 15) is 9.00 Å². The topological polar surface area (TPSA) is 43.4 Å². The molecule has 0 aliphatic heterocycles. The summed E-state index contributed by atoms with van der Waals surface area (Å²) in [4.78, 5) is 12.0. The molecule has 29 heavy (non-hydrogen) atoms. The van der Waals surface area contributed by atoms with Crippen molar-refractivity contribution in [3.8, 4) is 0 Å². The molecule has 5 atom stereocenters. The van der Waals surface area contributed by atoms with Crippen molar-refractivity contribution in [2.45, 2.75) is 123 Å². The van der Waals surface area contributed by atoms with Gasteiger partial charge in [0.1, 0.15) is 5.78 Å². The molecule has 0 amide bonds. The lowest BCUT2D eigenvalue weighted by atomic mass is 9.59. The molecule has 1 aliphatic rings. The molecule has 0 aromatic heterocycles. The van der Waals surface area contributed by atoms with E-state index in [1.54, 1.807) is 0 Å². The summed E-state index contributed by atoms with van der Waals surface area (Å²) in [6.07, 6.45) is 4.45. The monoisotopic (exact) mass is 444 g/mol. The predicted molar refractivity (Wildman–Crippen MR) is 129 cm³/mol. The van der Waals surface area contributed by atoms with Gasteiger partial charge in [0.05, 0.1) is 0 Å². The van der Waals surface area contributed by atoms with Gasteiger partial charge in [0.2, 0.25) is 0 Å². The zero-order valence-electron chi connectivity index (χ0n) is 21.1. The number of rotatable bonds is 8. The van der Waals surface area contributed by atoms with Gasteiger partial charge >= 0.3 is 0 Å². The number of carbonyl (C=O) groups is 1. The highest BCUT2D eigenvalue weighted by atomic mass is 32.2. The van der Waals surface area contributed by atoms with Gasteiger partial charge in [-0.15, -0.1) is 0 Å². The van der Waals surface area contributed by atoms with Crippen LogP contribution in [0, 0.1) is 17.3 Å². The lowest BCUT2D eigenvalue weighted by Crippen LogP contribution is -2.46. The Labute approximate surface area is 184 Å². The molecule has 5 heteroatoms.